The topological polar surface area (TPSA) is 54.4 Å². The highest BCUT2D eigenvalue weighted by atomic mass is 35.5. The molecule has 0 fully saturated rings. The Balaban J connectivity index is 3.02. The van der Waals surface area contributed by atoms with Gasteiger partial charge < -0.3 is 5.11 Å². The minimum atomic E-state index is -0.912. The number of hydrogen-bond donors (Lipinski definition) is 1. The SMILES string of the molecule is CC(C(=O)O)c1cccc(C(=O)CCl)c1. The van der Waals surface area contributed by atoms with Crippen LogP contribution in [-0.4, -0.2) is 22.7 Å². The molecule has 0 aliphatic carbocycles. The molecule has 0 saturated heterocycles. The second-order valence-electron chi connectivity index (χ2n) is 3.24. The van der Waals surface area contributed by atoms with Gasteiger partial charge in [0.2, 0.25) is 0 Å². The van der Waals surface area contributed by atoms with E-state index in [9.17, 15) is 9.59 Å². The maximum atomic E-state index is 11.3. The number of carbonyl (C=O) groups excluding carboxylic acids is 1. The van der Waals surface area contributed by atoms with Crippen molar-refractivity contribution in [3.05, 3.63) is 35.4 Å². The lowest BCUT2D eigenvalue weighted by Gasteiger charge is -2.07. The van der Waals surface area contributed by atoms with E-state index in [0.717, 1.165) is 0 Å². The Morgan fingerprint density at radius 3 is 2.67 bits per heavy atom. The largest absolute Gasteiger partial charge is 0.481 e. The van der Waals surface area contributed by atoms with Crippen LogP contribution in [0, 0.1) is 0 Å². The summed E-state index contributed by atoms with van der Waals surface area (Å²) >= 11 is 5.42. The van der Waals surface area contributed by atoms with Gasteiger partial charge in [-0.15, -0.1) is 11.6 Å². The average molecular weight is 227 g/mol. The van der Waals surface area contributed by atoms with Gasteiger partial charge in [0.1, 0.15) is 0 Å². The third-order valence-electron chi connectivity index (χ3n) is 2.20. The van der Waals surface area contributed by atoms with Gasteiger partial charge in [-0.05, 0) is 18.6 Å². The number of halogens is 1. The lowest BCUT2D eigenvalue weighted by Crippen LogP contribution is -2.09. The summed E-state index contributed by atoms with van der Waals surface area (Å²) in [5.41, 5.74) is 1.06. The predicted octanol–water partition coefficient (Wildman–Crippen LogP) is 2.30. The molecule has 80 valence electrons. The molecule has 0 aliphatic rings. The number of Topliss-reactive ketones (excluding diaryl/α,β-unsaturated/α-hetero) is 1. The maximum Gasteiger partial charge on any atom is 0.310 e. The molecule has 3 nitrogen and oxygen atoms in total. The van der Waals surface area contributed by atoms with Gasteiger partial charge in [0.05, 0.1) is 11.8 Å². The summed E-state index contributed by atoms with van der Waals surface area (Å²) in [5.74, 6) is -1.82. The summed E-state index contributed by atoms with van der Waals surface area (Å²) in [5, 5.41) is 8.81. The van der Waals surface area contributed by atoms with E-state index >= 15 is 0 Å². The fourth-order valence-electron chi connectivity index (χ4n) is 1.20. The van der Waals surface area contributed by atoms with Crippen molar-refractivity contribution in [2.24, 2.45) is 0 Å². The van der Waals surface area contributed by atoms with E-state index in [4.69, 9.17) is 16.7 Å². The van der Waals surface area contributed by atoms with E-state index in [1.807, 2.05) is 0 Å². The minimum Gasteiger partial charge on any atom is -0.481 e. The highest BCUT2D eigenvalue weighted by molar-refractivity contribution is 6.30. The Bertz CT molecular complexity index is 387. The van der Waals surface area contributed by atoms with Crippen LogP contribution in [0.5, 0.6) is 0 Å². The fraction of sp³-hybridized carbons (Fsp3) is 0.273. The van der Waals surface area contributed by atoms with Crippen molar-refractivity contribution < 1.29 is 14.7 Å². The highest BCUT2D eigenvalue weighted by Crippen LogP contribution is 2.17. The average Bonchev–Trinajstić information content (AvgIpc) is 2.27. The molecule has 1 atom stereocenters. The lowest BCUT2D eigenvalue weighted by atomic mass is 9.98. The first-order valence-electron chi connectivity index (χ1n) is 4.48. The van der Waals surface area contributed by atoms with E-state index in [1.54, 1.807) is 31.2 Å². The zero-order valence-corrected chi connectivity index (χ0v) is 8.99. The van der Waals surface area contributed by atoms with Crippen LogP contribution in [0.3, 0.4) is 0 Å². The lowest BCUT2D eigenvalue weighted by molar-refractivity contribution is -0.138. The maximum absolute atomic E-state index is 11.3. The summed E-state index contributed by atoms with van der Waals surface area (Å²) in [4.78, 5) is 22.0. The van der Waals surface area contributed by atoms with Gasteiger partial charge >= 0.3 is 5.97 Å². The van der Waals surface area contributed by atoms with Crippen molar-refractivity contribution in [1.82, 2.24) is 0 Å². The first-order chi connectivity index (χ1) is 7.06. The summed E-state index contributed by atoms with van der Waals surface area (Å²) in [6.45, 7) is 1.58. The van der Waals surface area contributed by atoms with Crippen LogP contribution in [0.2, 0.25) is 0 Å². The normalized spacial score (nSPS) is 12.1. The van der Waals surface area contributed by atoms with Crippen LogP contribution in [0.25, 0.3) is 0 Å². The van der Waals surface area contributed by atoms with E-state index in [0.29, 0.717) is 11.1 Å². The molecule has 0 spiro atoms. The third-order valence-corrected chi connectivity index (χ3v) is 2.44. The zero-order chi connectivity index (χ0) is 11.4. The molecule has 1 N–H and O–H groups in total. The van der Waals surface area contributed by atoms with Gasteiger partial charge in [-0.25, -0.2) is 0 Å². The number of benzene rings is 1. The molecule has 0 radical (unpaired) electrons. The Morgan fingerprint density at radius 1 is 1.47 bits per heavy atom. The van der Waals surface area contributed by atoms with Crippen molar-refractivity contribution in [3.8, 4) is 0 Å². The quantitative estimate of drug-likeness (QED) is 0.633. The van der Waals surface area contributed by atoms with E-state index in [2.05, 4.69) is 0 Å². The summed E-state index contributed by atoms with van der Waals surface area (Å²) in [6, 6.07) is 6.55. The molecule has 0 aromatic heterocycles. The Morgan fingerprint density at radius 2 is 2.13 bits per heavy atom. The first kappa shape index (κ1) is 11.7. The van der Waals surface area contributed by atoms with Gasteiger partial charge in [0.15, 0.2) is 5.78 Å². The molecule has 0 amide bonds. The number of aliphatic carboxylic acids is 1. The molecular formula is C11H11ClO3. The molecule has 4 heteroatoms. The number of ketones is 1. The van der Waals surface area contributed by atoms with Crippen molar-refractivity contribution in [2.75, 3.05) is 5.88 Å². The number of alkyl halides is 1. The third kappa shape index (κ3) is 2.80. The van der Waals surface area contributed by atoms with Crippen LogP contribution in [0.15, 0.2) is 24.3 Å². The number of carbonyl (C=O) groups is 2. The molecule has 1 unspecified atom stereocenters. The summed E-state index contributed by atoms with van der Waals surface area (Å²) in [7, 11) is 0. The molecule has 1 aromatic rings. The Hall–Kier alpha value is -1.35. The van der Waals surface area contributed by atoms with Gasteiger partial charge in [-0.3, -0.25) is 9.59 Å². The molecule has 15 heavy (non-hydrogen) atoms. The summed E-state index contributed by atoms with van der Waals surface area (Å²) < 4.78 is 0. The van der Waals surface area contributed by atoms with E-state index in [1.165, 1.54) is 0 Å². The number of rotatable bonds is 4. The number of carboxylic acid groups (broad SMARTS) is 1. The van der Waals surface area contributed by atoms with Gasteiger partial charge in [-0.1, -0.05) is 18.2 Å². The minimum absolute atomic E-state index is 0.0924. The summed E-state index contributed by atoms with van der Waals surface area (Å²) in [6.07, 6.45) is 0. The highest BCUT2D eigenvalue weighted by Gasteiger charge is 2.14. The molecule has 0 bridgehead atoms. The Labute approximate surface area is 92.7 Å². The second-order valence-corrected chi connectivity index (χ2v) is 3.51. The van der Waals surface area contributed by atoms with Crippen LogP contribution in [0.4, 0.5) is 0 Å². The van der Waals surface area contributed by atoms with Crippen molar-refractivity contribution in [2.45, 2.75) is 12.8 Å². The molecule has 0 saturated carbocycles. The molecule has 0 heterocycles. The predicted molar refractivity (Wildman–Crippen MR) is 57.5 cm³/mol. The van der Waals surface area contributed by atoms with Gasteiger partial charge in [-0.2, -0.15) is 0 Å². The second kappa shape index (κ2) is 4.94. The van der Waals surface area contributed by atoms with Crippen LogP contribution >= 0.6 is 11.6 Å². The fourth-order valence-corrected chi connectivity index (χ4v) is 1.36. The monoisotopic (exact) mass is 226 g/mol. The number of hydrogen-bond acceptors (Lipinski definition) is 2. The molecule has 1 aromatic carbocycles. The zero-order valence-electron chi connectivity index (χ0n) is 8.24. The van der Waals surface area contributed by atoms with E-state index < -0.39 is 11.9 Å². The molecular weight excluding hydrogens is 216 g/mol. The molecule has 1 rings (SSSR count). The standard InChI is InChI=1S/C11H11ClO3/c1-7(11(14)15)8-3-2-4-9(5-8)10(13)6-12/h2-5,7H,6H2,1H3,(H,14,15). The van der Waals surface area contributed by atoms with E-state index in [-0.39, 0.29) is 11.7 Å². The van der Waals surface area contributed by atoms with Crippen LogP contribution in [-0.2, 0) is 4.79 Å². The van der Waals surface area contributed by atoms with Gasteiger partial charge in [0.25, 0.3) is 0 Å². The molecule has 0 aliphatic heterocycles. The Kier molecular flexibility index (Phi) is 3.86. The van der Waals surface area contributed by atoms with Crippen LogP contribution < -0.4 is 0 Å². The smallest absolute Gasteiger partial charge is 0.310 e. The van der Waals surface area contributed by atoms with Crippen molar-refractivity contribution in [1.29, 1.82) is 0 Å². The van der Waals surface area contributed by atoms with Crippen molar-refractivity contribution >= 4 is 23.4 Å². The first-order valence-corrected chi connectivity index (χ1v) is 5.01. The van der Waals surface area contributed by atoms with Crippen LogP contribution in [0.1, 0.15) is 28.8 Å². The number of carboxylic acids is 1. The van der Waals surface area contributed by atoms with Crippen molar-refractivity contribution in [3.63, 3.8) is 0 Å². The van der Waals surface area contributed by atoms with Gasteiger partial charge in [0, 0.05) is 5.56 Å².